The number of aromatic nitrogens is 2. The first kappa shape index (κ1) is 15.5. The van der Waals surface area contributed by atoms with Crippen molar-refractivity contribution < 1.29 is 0 Å². The smallest absolute Gasteiger partial charge is 0.0762 e. The fraction of sp³-hybridized carbons (Fsp3) is 0.786. The number of nitrogens with one attached hydrogen (secondary N) is 1. The van der Waals surface area contributed by atoms with Crippen LogP contribution in [0.2, 0.25) is 0 Å². The summed E-state index contributed by atoms with van der Waals surface area (Å²) in [4.78, 5) is 0. The van der Waals surface area contributed by atoms with Crippen molar-refractivity contribution in [2.24, 2.45) is 0 Å². The lowest BCUT2D eigenvalue weighted by Gasteiger charge is -2.26. The van der Waals surface area contributed by atoms with Crippen molar-refractivity contribution >= 4 is 11.6 Å². The highest BCUT2D eigenvalue weighted by molar-refractivity contribution is 6.18. The Morgan fingerprint density at radius 3 is 2.56 bits per heavy atom. The highest BCUT2D eigenvalue weighted by Gasteiger charge is 2.20. The molecule has 1 atom stereocenters. The van der Waals surface area contributed by atoms with E-state index in [1.807, 2.05) is 0 Å². The van der Waals surface area contributed by atoms with Gasteiger partial charge in [0, 0.05) is 24.2 Å². The summed E-state index contributed by atoms with van der Waals surface area (Å²) in [7, 11) is 0. The third-order valence-corrected chi connectivity index (χ3v) is 4.34. The SMILES string of the molecule is CCC(CC)n1ccc(CNC(C)(CC)CCl)n1. The molecule has 1 rings (SSSR count). The van der Waals surface area contributed by atoms with Crippen LogP contribution in [-0.4, -0.2) is 21.2 Å². The molecule has 0 saturated carbocycles. The molecule has 4 heteroatoms. The molecule has 0 aromatic carbocycles. The van der Waals surface area contributed by atoms with Crippen molar-refractivity contribution in [1.29, 1.82) is 0 Å². The highest BCUT2D eigenvalue weighted by atomic mass is 35.5. The molecule has 0 spiro atoms. The molecule has 0 bridgehead atoms. The van der Waals surface area contributed by atoms with Crippen LogP contribution in [0.4, 0.5) is 0 Å². The van der Waals surface area contributed by atoms with Gasteiger partial charge in [-0.2, -0.15) is 5.10 Å². The molecule has 104 valence electrons. The predicted octanol–water partition coefficient (Wildman–Crippen LogP) is 3.74. The van der Waals surface area contributed by atoms with Gasteiger partial charge in [-0.05, 0) is 32.3 Å². The molecule has 0 amide bonds. The van der Waals surface area contributed by atoms with Crippen LogP contribution in [0, 0.1) is 0 Å². The molecular formula is C14H26ClN3. The summed E-state index contributed by atoms with van der Waals surface area (Å²) >= 11 is 5.99. The lowest BCUT2D eigenvalue weighted by Crippen LogP contribution is -2.43. The first-order valence-electron chi connectivity index (χ1n) is 6.93. The molecule has 1 aromatic rings. The molecule has 0 fully saturated rings. The topological polar surface area (TPSA) is 29.9 Å². The molecule has 3 nitrogen and oxygen atoms in total. The van der Waals surface area contributed by atoms with Crippen LogP contribution in [0.25, 0.3) is 0 Å². The summed E-state index contributed by atoms with van der Waals surface area (Å²) in [6.45, 7) is 9.49. The number of rotatable bonds is 8. The summed E-state index contributed by atoms with van der Waals surface area (Å²) in [6.07, 6.45) is 5.35. The zero-order valence-electron chi connectivity index (χ0n) is 12.0. The van der Waals surface area contributed by atoms with Crippen LogP contribution in [0.3, 0.4) is 0 Å². The highest BCUT2D eigenvalue weighted by Crippen LogP contribution is 2.16. The Balaban J connectivity index is 2.59. The van der Waals surface area contributed by atoms with Gasteiger partial charge in [0.25, 0.3) is 0 Å². The van der Waals surface area contributed by atoms with Crippen LogP contribution >= 0.6 is 11.6 Å². The van der Waals surface area contributed by atoms with Crippen molar-refractivity contribution in [3.63, 3.8) is 0 Å². The minimum atomic E-state index is 0.000248. The molecule has 0 aliphatic heterocycles. The fourth-order valence-corrected chi connectivity index (χ4v) is 2.19. The number of hydrogen-bond acceptors (Lipinski definition) is 2. The predicted molar refractivity (Wildman–Crippen MR) is 78.1 cm³/mol. The first-order valence-corrected chi connectivity index (χ1v) is 7.47. The number of hydrogen-bond donors (Lipinski definition) is 1. The molecule has 1 aromatic heterocycles. The van der Waals surface area contributed by atoms with Crippen LogP contribution in [-0.2, 0) is 6.54 Å². The number of halogens is 1. The summed E-state index contributed by atoms with van der Waals surface area (Å²) in [5.74, 6) is 0.622. The van der Waals surface area contributed by atoms with Gasteiger partial charge in [0.15, 0.2) is 0 Å². The van der Waals surface area contributed by atoms with Gasteiger partial charge in [-0.1, -0.05) is 20.8 Å². The van der Waals surface area contributed by atoms with E-state index in [-0.39, 0.29) is 5.54 Å². The van der Waals surface area contributed by atoms with Crippen LogP contribution < -0.4 is 5.32 Å². The van der Waals surface area contributed by atoms with Crippen molar-refractivity contribution in [2.45, 2.75) is 65.1 Å². The maximum atomic E-state index is 5.99. The van der Waals surface area contributed by atoms with Crippen molar-refractivity contribution in [3.05, 3.63) is 18.0 Å². The summed E-state index contributed by atoms with van der Waals surface area (Å²) in [5.41, 5.74) is 1.09. The van der Waals surface area contributed by atoms with Gasteiger partial charge in [-0.3, -0.25) is 4.68 Å². The van der Waals surface area contributed by atoms with Crippen molar-refractivity contribution in [3.8, 4) is 0 Å². The molecule has 1 heterocycles. The fourth-order valence-electron chi connectivity index (χ4n) is 1.91. The van der Waals surface area contributed by atoms with E-state index in [9.17, 15) is 0 Å². The van der Waals surface area contributed by atoms with Gasteiger partial charge >= 0.3 is 0 Å². The maximum Gasteiger partial charge on any atom is 0.0762 e. The first-order chi connectivity index (χ1) is 8.58. The van der Waals surface area contributed by atoms with Crippen LogP contribution in [0.5, 0.6) is 0 Å². The lowest BCUT2D eigenvalue weighted by molar-refractivity contribution is 0.372. The van der Waals surface area contributed by atoms with E-state index >= 15 is 0 Å². The normalized spacial score (nSPS) is 15.0. The minimum absolute atomic E-state index is 0.000248. The monoisotopic (exact) mass is 271 g/mol. The number of alkyl halides is 1. The maximum absolute atomic E-state index is 5.99. The zero-order chi connectivity index (χ0) is 13.6. The van der Waals surface area contributed by atoms with Gasteiger partial charge in [-0.15, -0.1) is 11.6 Å². The summed E-state index contributed by atoms with van der Waals surface area (Å²) < 4.78 is 2.08. The second-order valence-corrected chi connectivity index (χ2v) is 5.43. The largest absolute Gasteiger partial charge is 0.305 e. The Hall–Kier alpha value is -0.540. The number of nitrogens with zero attached hydrogens (tertiary/aromatic N) is 2. The Labute approximate surface area is 116 Å². The van der Waals surface area contributed by atoms with Gasteiger partial charge in [0.2, 0.25) is 0 Å². The second-order valence-electron chi connectivity index (χ2n) is 5.16. The molecule has 1 unspecified atom stereocenters. The van der Waals surface area contributed by atoms with Gasteiger partial charge in [0.05, 0.1) is 11.7 Å². The van der Waals surface area contributed by atoms with Crippen LogP contribution in [0.15, 0.2) is 12.3 Å². The van der Waals surface area contributed by atoms with E-state index in [4.69, 9.17) is 11.6 Å². The summed E-state index contributed by atoms with van der Waals surface area (Å²) in [6, 6.07) is 2.61. The quantitative estimate of drug-likeness (QED) is 0.730. The Morgan fingerprint density at radius 2 is 2.06 bits per heavy atom. The Bertz CT molecular complexity index is 341. The molecule has 0 aliphatic carbocycles. The summed E-state index contributed by atoms with van der Waals surface area (Å²) in [5, 5.41) is 8.13. The molecule has 1 N–H and O–H groups in total. The second kappa shape index (κ2) is 7.15. The van der Waals surface area contributed by atoms with E-state index in [1.165, 1.54) is 0 Å². The van der Waals surface area contributed by atoms with Gasteiger partial charge in [0.1, 0.15) is 0 Å². The third-order valence-electron chi connectivity index (χ3n) is 3.75. The zero-order valence-corrected chi connectivity index (χ0v) is 12.8. The van der Waals surface area contributed by atoms with E-state index < -0.39 is 0 Å². The average Bonchev–Trinajstić information content (AvgIpc) is 2.86. The standard InChI is InChI=1S/C14H26ClN3/c1-5-13(6-2)18-9-8-12(17-18)10-16-14(4,7-3)11-15/h8-9,13,16H,5-7,10-11H2,1-4H3. The molecule has 0 aliphatic rings. The molecule has 18 heavy (non-hydrogen) atoms. The Kier molecular flexibility index (Phi) is 6.16. The molecular weight excluding hydrogens is 246 g/mol. The van der Waals surface area contributed by atoms with E-state index in [1.54, 1.807) is 0 Å². The van der Waals surface area contributed by atoms with E-state index in [0.717, 1.165) is 31.5 Å². The van der Waals surface area contributed by atoms with E-state index in [2.05, 4.69) is 55.1 Å². The minimum Gasteiger partial charge on any atom is -0.305 e. The van der Waals surface area contributed by atoms with Crippen molar-refractivity contribution in [2.75, 3.05) is 5.88 Å². The third kappa shape index (κ3) is 3.99. The average molecular weight is 272 g/mol. The Morgan fingerprint density at radius 1 is 1.39 bits per heavy atom. The van der Waals surface area contributed by atoms with E-state index in [0.29, 0.717) is 11.9 Å². The lowest BCUT2D eigenvalue weighted by atomic mass is 10.0. The molecule has 0 saturated heterocycles. The molecule has 0 radical (unpaired) electrons. The van der Waals surface area contributed by atoms with Crippen molar-refractivity contribution in [1.82, 2.24) is 15.1 Å². The van der Waals surface area contributed by atoms with Gasteiger partial charge in [-0.25, -0.2) is 0 Å². The van der Waals surface area contributed by atoms with Gasteiger partial charge < -0.3 is 5.32 Å². The van der Waals surface area contributed by atoms with Crippen LogP contribution in [0.1, 0.15) is 58.7 Å².